The average Bonchev–Trinajstić information content (AvgIpc) is 3.39. The third-order valence-corrected chi connectivity index (χ3v) is 6.84. The van der Waals surface area contributed by atoms with Crippen LogP contribution in [0.15, 0.2) is 48.5 Å². The molecule has 0 aromatic heterocycles. The fraction of sp³-hybridized carbons (Fsp3) is 0.429. The predicted molar refractivity (Wildman–Crippen MR) is 143 cm³/mol. The van der Waals surface area contributed by atoms with Crippen LogP contribution in [0.1, 0.15) is 37.8 Å². The maximum absolute atomic E-state index is 13.7. The molecule has 3 rings (SSSR count). The Morgan fingerprint density at radius 1 is 0.897 bits per heavy atom. The van der Waals surface area contributed by atoms with E-state index in [2.05, 4.69) is 10.6 Å². The van der Waals surface area contributed by atoms with E-state index in [0.717, 1.165) is 0 Å². The fourth-order valence-electron chi connectivity index (χ4n) is 4.48. The molecular weight excluding hydrogens is 504 g/mol. The number of amides is 3. The minimum atomic E-state index is -1.24. The van der Waals surface area contributed by atoms with Crippen molar-refractivity contribution in [1.29, 1.82) is 0 Å². The topological polar surface area (TPSA) is 182 Å². The van der Waals surface area contributed by atoms with Gasteiger partial charge in [0.2, 0.25) is 17.7 Å². The molecule has 210 valence electrons. The van der Waals surface area contributed by atoms with Gasteiger partial charge in [-0.05, 0) is 54.2 Å². The van der Waals surface area contributed by atoms with Gasteiger partial charge in [-0.15, -0.1) is 0 Å². The molecule has 3 amide bonds. The summed E-state index contributed by atoms with van der Waals surface area (Å²) < 4.78 is 0. The Bertz CT molecular complexity index is 1170. The number of nitrogens with two attached hydrogens (primary N) is 1. The van der Waals surface area contributed by atoms with Crippen LogP contribution in [-0.4, -0.2) is 74.6 Å². The summed E-state index contributed by atoms with van der Waals surface area (Å²) in [5, 5.41) is 34.0. The monoisotopic (exact) mass is 540 g/mol. The molecule has 0 aliphatic carbocycles. The molecule has 4 unspecified atom stereocenters. The van der Waals surface area contributed by atoms with Crippen LogP contribution in [0, 0.1) is 5.92 Å². The summed E-state index contributed by atoms with van der Waals surface area (Å²) in [6.45, 7) is 3.85. The predicted octanol–water partition coefficient (Wildman–Crippen LogP) is 0.912. The van der Waals surface area contributed by atoms with Crippen molar-refractivity contribution in [3.8, 4) is 11.5 Å². The van der Waals surface area contributed by atoms with E-state index in [1.165, 1.54) is 29.2 Å². The van der Waals surface area contributed by atoms with Crippen LogP contribution in [0.2, 0.25) is 0 Å². The number of carbonyl (C=O) groups is 4. The van der Waals surface area contributed by atoms with E-state index in [1.807, 2.05) is 0 Å². The maximum atomic E-state index is 13.7. The first-order valence-corrected chi connectivity index (χ1v) is 12.9. The summed E-state index contributed by atoms with van der Waals surface area (Å²) in [5.41, 5.74) is 7.30. The highest BCUT2D eigenvalue weighted by atomic mass is 16.4. The van der Waals surface area contributed by atoms with Gasteiger partial charge in [0.1, 0.15) is 29.6 Å². The summed E-state index contributed by atoms with van der Waals surface area (Å²) in [7, 11) is 0. The van der Waals surface area contributed by atoms with Crippen LogP contribution >= 0.6 is 0 Å². The molecule has 2 aromatic carbocycles. The van der Waals surface area contributed by atoms with Crippen molar-refractivity contribution in [2.75, 3.05) is 6.54 Å². The second kappa shape index (κ2) is 13.1. The number of phenolic OH excluding ortho intramolecular Hbond substituents is 2. The smallest absolute Gasteiger partial charge is 0.326 e. The average molecular weight is 541 g/mol. The van der Waals surface area contributed by atoms with Crippen molar-refractivity contribution in [2.45, 2.75) is 63.7 Å². The van der Waals surface area contributed by atoms with Gasteiger partial charge in [0.25, 0.3) is 0 Å². The number of carboxylic acids is 1. The first kappa shape index (κ1) is 29.4. The number of carboxylic acid groups (broad SMARTS) is 1. The molecule has 11 nitrogen and oxygen atoms in total. The summed E-state index contributed by atoms with van der Waals surface area (Å²) >= 11 is 0. The molecule has 0 spiro atoms. The number of benzene rings is 2. The van der Waals surface area contributed by atoms with E-state index in [1.54, 1.807) is 38.1 Å². The van der Waals surface area contributed by atoms with Gasteiger partial charge in [0.05, 0.1) is 6.04 Å². The largest absolute Gasteiger partial charge is 0.508 e. The number of nitrogens with one attached hydrogen (secondary N) is 2. The van der Waals surface area contributed by atoms with Gasteiger partial charge in [0.15, 0.2) is 0 Å². The maximum Gasteiger partial charge on any atom is 0.326 e. The second-order valence-electron chi connectivity index (χ2n) is 10.2. The number of aromatic hydroxyl groups is 2. The molecule has 0 bridgehead atoms. The highest BCUT2D eigenvalue weighted by Crippen LogP contribution is 2.21. The zero-order valence-corrected chi connectivity index (χ0v) is 22.0. The van der Waals surface area contributed by atoms with Crippen LogP contribution < -0.4 is 16.4 Å². The Hall–Kier alpha value is -4.12. The van der Waals surface area contributed by atoms with E-state index in [0.29, 0.717) is 24.0 Å². The van der Waals surface area contributed by atoms with Gasteiger partial charge in [0, 0.05) is 19.4 Å². The lowest BCUT2D eigenvalue weighted by atomic mass is 10.0. The molecule has 7 N–H and O–H groups in total. The van der Waals surface area contributed by atoms with E-state index < -0.39 is 47.9 Å². The van der Waals surface area contributed by atoms with E-state index in [9.17, 15) is 34.5 Å². The number of phenols is 2. The summed E-state index contributed by atoms with van der Waals surface area (Å²) in [5.74, 6) is -2.87. The molecule has 2 aromatic rings. The standard InChI is InChI=1S/C28H36N4O7/c1-16(2)24(29)26(36)30-21(14-17-5-9-19(33)10-6-17)27(37)32-13-3-4-23(32)25(35)31-22(28(38)39)15-18-7-11-20(34)12-8-18/h5-12,16,21-24,33-34H,3-4,13-15,29H2,1-2H3,(H,30,36)(H,31,35)(H,38,39). The van der Waals surface area contributed by atoms with Crippen molar-refractivity contribution in [2.24, 2.45) is 11.7 Å². The highest BCUT2D eigenvalue weighted by molar-refractivity contribution is 5.94. The van der Waals surface area contributed by atoms with Crippen LogP contribution in [0.4, 0.5) is 0 Å². The Morgan fingerprint density at radius 3 is 1.90 bits per heavy atom. The number of likely N-dealkylation sites (tertiary alicyclic amines) is 1. The number of carbonyl (C=O) groups excluding carboxylic acids is 3. The Morgan fingerprint density at radius 2 is 1.41 bits per heavy atom. The Balaban J connectivity index is 1.77. The molecule has 0 radical (unpaired) electrons. The minimum Gasteiger partial charge on any atom is -0.508 e. The van der Waals surface area contributed by atoms with Crippen molar-refractivity contribution in [3.63, 3.8) is 0 Å². The first-order chi connectivity index (χ1) is 18.5. The Labute approximate surface area is 227 Å². The van der Waals surface area contributed by atoms with Gasteiger partial charge in [-0.25, -0.2) is 4.79 Å². The van der Waals surface area contributed by atoms with E-state index in [-0.39, 0.29) is 36.8 Å². The lowest BCUT2D eigenvalue weighted by molar-refractivity contribution is -0.145. The SMILES string of the molecule is CC(C)C(N)C(=O)NC(Cc1ccc(O)cc1)C(=O)N1CCCC1C(=O)NC(Cc1ccc(O)cc1)C(=O)O. The van der Waals surface area contributed by atoms with E-state index >= 15 is 0 Å². The van der Waals surface area contributed by atoms with Crippen LogP contribution in [-0.2, 0) is 32.0 Å². The molecule has 39 heavy (non-hydrogen) atoms. The van der Waals surface area contributed by atoms with E-state index in [4.69, 9.17) is 5.73 Å². The summed E-state index contributed by atoms with van der Waals surface area (Å²) in [4.78, 5) is 53.0. The van der Waals surface area contributed by atoms with Crippen molar-refractivity contribution in [3.05, 3.63) is 59.7 Å². The molecule has 1 heterocycles. The van der Waals surface area contributed by atoms with Crippen LogP contribution in [0.25, 0.3) is 0 Å². The first-order valence-electron chi connectivity index (χ1n) is 12.9. The normalized spacial score (nSPS) is 17.3. The summed E-state index contributed by atoms with van der Waals surface area (Å²) in [6, 6.07) is 8.23. The lowest BCUT2D eigenvalue weighted by Gasteiger charge is -2.30. The van der Waals surface area contributed by atoms with Crippen molar-refractivity contribution >= 4 is 23.7 Å². The summed E-state index contributed by atoms with van der Waals surface area (Å²) in [6.07, 6.45) is 0.979. The molecule has 11 heteroatoms. The second-order valence-corrected chi connectivity index (χ2v) is 10.2. The van der Waals surface area contributed by atoms with Crippen molar-refractivity contribution < 1.29 is 34.5 Å². The number of nitrogens with zero attached hydrogens (tertiary/aromatic N) is 1. The zero-order valence-electron chi connectivity index (χ0n) is 22.0. The van der Waals surface area contributed by atoms with Gasteiger partial charge < -0.3 is 36.6 Å². The van der Waals surface area contributed by atoms with Gasteiger partial charge in [-0.2, -0.15) is 0 Å². The lowest BCUT2D eigenvalue weighted by Crippen LogP contribution is -2.58. The minimum absolute atomic E-state index is 0.00531. The van der Waals surface area contributed by atoms with Gasteiger partial charge in [-0.3, -0.25) is 14.4 Å². The zero-order chi connectivity index (χ0) is 28.7. The van der Waals surface area contributed by atoms with Crippen molar-refractivity contribution in [1.82, 2.24) is 15.5 Å². The molecule has 0 saturated carbocycles. The molecule has 1 saturated heterocycles. The third kappa shape index (κ3) is 7.93. The highest BCUT2D eigenvalue weighted by Gasteiger charge is 2.39. The quantitative estimate of drug-likeness (QED) is 0.243. The van der Waals surface area contributed by atoms with Gasteiger partial charge in [-0.1, -0.05) is 38.1 Å². The Kier molecular flexibility index (Phi) is 9.89. The number of rotatable bonds is 11. The number of hydrogen-bond donors (Lipinski definition) is 6. The molecule has 1 fully saturated rings. The molecule has 4 atom stereocenters. The third-order valence-electron chi connectivity index (χ3n) is 6.84. The van der Waals surface area contributed by atoms with Gasteiger partial charge >= 0.3 is 5.97 Å². The fourth-order valence-corrected chi connectivity index (χ4v) is 4.48. The van der Waals surface area contributed by atoms with Crippen LogP contribution in [0.5, 0.6) is 11.5 Å². The number of hydrogen-bond acceptors (Lipinski definition) is 7. The number of aliphatic carboxylic acids is 1. The molecular formula is C28H36N4O7. The molecule has 1 aliphatic heterocycles. The van der Waals surface area contributed by atoms with Crippen LogP contribution in [0.3, 0.4) is 0 Å². The molecule has 1 aliphatic rings.